The molecule has 40 heavy (non-hydrogen) atoms. The van der Waals surface area contributed by atoms with Crippen molar-refractivity contribution in [3.05, 3.63) is 113 Å². The zero-order valence-corrected chi connectivity index (χ0v) is 24.5. The molecule has 0 bridgehead atoms. The summed E-state index contributed by atoms with van der Waals surface area (Å²) in [4.78, 5) is 17.0. The summed E-state index contributed by atoms with van der Waals surface area (Å²) < 4.78 is 13.2. The average Bonchev–Trinajstić information content (AvgIpc) is 3.37. The fourth-order valence-corrected chi connectivity index (χ4v) is 5.18. The molecule has 0 aliphatic carbocycles. The van der Waals surface area contributed by atoms with Crippen molar-refractivity contribution < 1.29 is 14.3 Å². The summed E-state index contributed by atoms with van der Waals surface area (Å²) in [5, 5.41) is 6.74. The van der Waals surface area contributed by atoms with Crippen LogP contribution < -0.4 is 24.3 Å². The van der Waals surface area contributed by atoms with E-state index < -0.39 is 6.17 Å². The smallest absolute Gasteiger partial charge is 0.198 e. The molecule has 1 unspecified atom stereocenters. The lowest BCUT2D eigenvalue weighted by Gasteiger charge is -2.33. The number of amidine groups is 1. The van der Waals surface area contributed by atoms with Gasteiger partial charge >= 0.3 is 0 Å². The van der Waals surface area contributed by atoms with E-state index in [-0.39, 0.29) is 5.78 Å². The highest BCUT2D eigenvalue weighted by Crippen LogP contribution is 2.45. The van der Waals surface area contributed by atoms with Gasteiger partial charge in [-0.3, -0.25) is 9.69 Å². The highest BCUT2D eigenvalue weighted by Gasteiger charge is 2.41. The van der Waals surface area contributed by atoms with Crippen LogP contribution in [-0.4, -0.2) is 32.8 Å². The van der Waals surface area contributed by atoms with Gasteiger partial charge in [0, 0.05) is 42.4 Å². The summed E-state index contributed by atoms with van der Waals surface area (Å²) in [5.74, 6) is 1.39. The van der Waals surface area contributed by atoms with E-state index in [1.54, 1.807) is 14.0 Å². The molecule has 0 fully saturated rings. The molecular weight excluding hydrogens is 568 g/mol. The van der Waals surface area contributed by atoms with Crippen LogP contribution in [0.25, 0.3) is 0 Å². The zero-order chi connectivity index (χ0) is 28.2. The molecule has 1 aliphatic rings. The molecule has 0 N–H and O–H groups in total. The first kappa shape index (κ1) is 27.3. The summed E-state index contributed by atoms with van der Waals surface area (Å²) in [6.07, 6.45) is -0.515. The van der Waals surface area contributed by atoms with Crippen LogP contribution in [-0.2, 0) is 11.4 Å². The number of hydrogen-bond donors (Lipinski definition) is 0. The second-order valence-electron chi connectivity index (χ2n) is 9.61. The minimum atomic E-state index is -0.515. The maximum atomic E-state index is 13.0. The Hall–Kier alpha value is -4.30. The molecule has 4 aromatic carbocycles. The first-order valence-electron chi connectivity index (χ1n) is 12.9. The van der Waals surface area contributed by atoms with Crippen molar-refractivity contribution in [3.63, 3.8) is 0 Å². The number of rotatable bonds is 9. The number of halogens is 1. The van der Waals surface area contributed by atoms with Crippen LogP contribution in [0.1, 0.15) is 24.2 Å². The summed E-state index contributed by atoms with van der Waals surface area (Å²) in [7, 11) is 5.63. The Morgan fingerprint density at radius 1 is 0.925 bits per heavy atom. The molecule has 0 spiro atoms. The Morgan fingerprint density at radius 3 is 2.30 bits per heavy atom. The quantitative estimate of drug-likeness (QED) is 0.206. The van der Waals surface area contributed by atoms with E-state index in [0.717, 1.165) is 32.7 Å². The molecule has 7 nitrogen and oxygen atoms in total. The third-order valence-electron chi connectivity index (χ3n) is 6.67. The molecule has 5 rings (SSSR count). The lowest BCUT2D eigenvalue weighted by atomic mass is 10.1. The fraction of sp³-hybridized carbons (Fsp3) is 0.188. The average molecular weight is 600 g/mol. The largest absolute Gasteiger partial charge is 0.493 e. The minimum Gasteiger partial charge on any atom is -0.493 e. The lowest BCUT2D eigenvalue weighted by Crippen LogP contribution is -2.38. The van der Waals surface area contributed by atoms with Crippen molar-refractivity contribution in [2.24, 2.45) is 5.10 Å². The van der Waals surface area contributed by atoms with Crippen molar-refractivity contribution in [1.29, 1.82) is 0 Å². The molecule has 1 aliphatic heterocycles. The maximum absolute atomic E-state index is 13.0. The normalized spacial score (nSPS) is 14.6. The van der Waals surface area contributed by atoms with E-state index in [0.29, 0.717) is 23.9 Å². The predicted octanol–water partition coefficient (Wildman–Crippen LogP) is 7.03. The lowest BCUT2D eigenvalue weighted by molar-refractivity contribution is -0.111. The highest BCUT2D eigenvalue weighted by atomic mass is 79.9. The molecule has 4 aromatic rings. The Balaban J connectivity index is 1.66. The second kappa shape index (κ2) is 11.8. The third kappa shape index (κ3) is 5.53. The van der Waals surface area contributed by atoms with Gasteiger partial charge in [0.1, 0.15) is 6.61 Å². The van der Waals surface area contributed by atoms with Crippen LogP contribution in [0, 0.1) is 0 Å². The minimum absolute atomic E-state index is 0.139. The Kier molecular flexibility index (Phi) is 8.07. The van der Waals surface area contributed by atoms with Gasteiger partial charge in [0.2, 0.25) is 0 Å². The maximum Gasteiger partial charge on any atom is 0.198 e. The van der Waals surface area contributed by atoms with Crippen molar-refractivity contribution in [1.82, 2.24) is 0 Å². The number of benzene rings is 4. The topological polar surface area (TPSA) is 57.6 Å². The van der Waals surface area contributed by atoms with E-state index in [1.165, 1.54) is 0 Å². The molecule has 0 aromatic heterocycles. The van der Waals surface area contributed by atoms with Gasteiger partial charge in [-0.05, 0) is 60.2 Å². The summed E-state index contributed by atoms with van der Waals surface area (Å²) >= 11 is 3.54. The van der Waals surface area contributed by atoms with Crippen LogP contribution in [0.3, 0.4) is 0 Å². The van der Waals surface area contributed by atoms with Gasteiger partial charge in [-0.1, -0.05) is 58.4 Å². The number of ketones is 1. The first-order chi connectivity index (χ1) is 19.4. The van der Waals surface area contributed by atoms with E-state index >= 15 is 0 Å². The molecule has 1 atom stereocenters. The van der Waals surface area contributed by atoms with E-state index in [4.69, 9.17) is 14.6 Å². The van der Waals surface area contributed by atoms with Crippen LogP contribution in [0.4, 0.5) is 17.1 Å². The van der Waals surface area contributed by atoms with Crippen LogP contribution >= 0.6 is 15.9 Å². The van der Waals surface area contributed by atoms with Crippen LogP contribution in [0.2, 0.25) is 0 Å². The number of hydrogen-bond acceptors (Lipinski definition) is 7. The van der Waals surface area contributed by atoms with Crippen LogP contribution in [0.15, 0.2) is 107 Å². The number of carbonyl (C=O) groups is 1. The molecule has 0 radical (unpaired) electrons. The van der Waals surface area contributed by atoms with E-state index in [2.05, 4.69) is 15.9 Å². The highest BCUT2D eigenvalue weighted by molar-refractivity contribution is 9.10. The summed E-state index contributed by atoms with van der Waals surface area (Å²) in [6.45, 7) is 1.88. The van der Waals surface area contributed by atoms with Gasteiger partial charge in [-0.2, -0.15) is 0 Å². The third-order valence-corrected chi connectivity index (χ3v) is 7.16. The fourth-order valence-electron chi connectivity index (χ4n) is 4.73. The summed E-state index contributed by atoms with van der Waals surface area (Å²) in [5.41, 5.74) is 4.56. The molecule has 8 heteroatoms. The van der Waals surface area contributed by atoms with Gasteiger partial charge in [0.25, 0.3) is 0 Å². The molecule has 0 saturated heterocycles. The zero-order valence-electron chi connectivity index (χ0n) is 22.9. The number of hydrazone groups is 1. The molecule has 1 heterocycles. The monoisotopic (exact) mass is 598 g/mol. The number of ether oxygens (including phenoxy) is 2. The number of carbonyl (C=O) groups excluding carboxylic acids is 1. The predicted molar refractivity (Wildman–Crippen MR) is 164 cm³/mol. The van der Waals surface area contributed by atoms with Crippen molar-refractivity contribution in [2.75, 3.05) is 36.0 Å². The van der Waals surface area contributed by atoms with Gasteiger partial charge < -0.3 is 14.4 Å². The van der Waals surface area contributed by atoms with Gasteiger partial charge in [-0.25, -0.2) is 5.01 Å². The molecular formula is C32H31BrN4O3. The SMILES string of the molecule is COc1cccc(C2N(c3ccccc3)N=C(C(C)=O)N2c2ccc(N(C)C)cc2)c1OCc1cccc(Br)c1. The Bertz CT molecular complexity index is 1520. The van der Waals surface area contributed by atoms with E-state index in [9.17, 15) is 4.79 Å². The number of methoxy groups -OCH3 is 1. The standard InChI is InChI=1S/C32H31BrN4O3/c1-22(38)31-34-37(27-12-6-5-7-13-27)32(36(31)26-18-16-25(17-19-26)35(2)3)28-14-9-15-29(39-4)30(28)40-21-23-10-8-11-24(33)20-23/h5-20,32H,21H2,1-4H3. The molecule has 0 saturated carbocycles. The van der Waals surface area contributed by atoms with Crippen molar-refractivity contribution in [2.45, 2.75) is 19.7 Å². The summed E-state index contributed by atoms with van der Waals surface area (Å²) in [6, 6.07) is 31.7. The Labute approximate surface area is 243 Å². The number of para-hydroxylation sites is 2. The number of Topliss-reactive ketones (excluding diaryl/α,β-unsaturated/α-hetero) is 1. The van der Waals surface area contributed by atoms with Crippen molar-refractivity contribution >= 4 is 44.6 Å². The second-order valence-corrected chi connectivity index (χ2v) is 10.5. The molecule has 204 valence electrons. The van der Waals surface area contributed by atoms with Crippen molar-refractivity contribution in [3.8, 4) is 11.5 Å². The number of nitrogens with zero attached hydrogens (tertiary/aromatic N) is 4. The number of anilines is 3. The van der Waals surface area contributed by atoms with Crippen LogP contribution in [0.5, 0.6) is 11.5 Å². The molecule has 0 amide bonds. The Morgan fingerprint density at radius 2 is 1.65 bits per heavy atom. The van der Waals surface area contributed by atoms with Gasteiger partial charge in [0.15, 0.2) is 29.3 Å². The van der Waals surface area contributed by atoms with Gasteiger partial charge in [-0.15, -0.1) is 5.10 Å². The van der Waals surface area contributed by atoms with E-state index in [1.807, 2.05) is 126 Å². The first-order valence-corrected chi connectivity index (χ1v) is 13.7. The van der Waals surface area contributed by atoms with Gasteiger partial charge in [0.05, 0.1) is 12.8 Å².